The molecule has 0 aromatic heterocycles. The fraction of sp³-hybridized carbons (Fsp3) is 0.674. The normalized spacial score (nSPS) is 17.3. The van der Waals surface area contributed by atoms with Gasteiger partial charge in [-0.15, -0.1) is 0 Å². The van der Waals surface area contributed by atoms with Crippen molar-refractivity contribution < 1.29 is 9.47 Å². The molecular formula is C43H73NO2. The number of hydrogen-bond donors (Lipinski definition) is 0. The van der Waals surface area contributed by atoms with Crippen molar-refractivity contribution in [2.45, 2.75) is 167 Å². The van der Waals surface area contributed by atoms with Crippen LogP contribution in [-0.4, -0.2) is 31.3 Å². The van der Waals surface area contributed by atoms with Crippen molar-refractivity contribution in [2.75, 3.05) is 20.6 Å². The third-order valence-electron chi connectivity index (χ3n) is 8.42. The molecule has 0 bridgehead atoms. The van der Waals surface area contributed by atoms with Crippen LogP contribution in [0.2, 0.25) is 0 Å². The van der Waals surface area contributed by atoms with Gasteiger partial charge in [0.15, 0.2) is 0 Å². The summed E-state index contributed by atoms with van der Waals surface area (Å²) in [7, 11) is 4.22. The standard InChI is InChI=1S/C43H73NO2/c1-5-7-9-11-13-15-17-19-21-23-25-27-29-31-33-35-38-43(45-41-42(46-43)37-40-44(3)4)39-36-34-32-30-28-26-24-22-20-18-16-14-12-10-8-6-2/h13-16,19-22,25-28,41H,5-12,17-18,23-24,29-40H2,1-4H3. The van der Waals surface area contributed by atoms with E-state index in [9.17, 15) is 0 Å². The molecule has 0 aromatic carbocycles. The lowest BCUT2D eigenvalue weighted by Gasteiger charge is -2.29. The maximum absolute atomic E-state index is 6.51. The molecule has 46 heavy (non-hydrogen) atoms. The first kappa shape index (κ1) is 41.8. The summed E-state index contributed by atoms with van der Waals surface area (Å²) in [6, 6.07) is 0. The lowest BCUT2D eigenvalue weighted by Crippen LogP contribution is -2.31. The first-order valence-corrected chi connectivity index (χ1v) is 19.2. The summed E-state index contributed by atoms with van der Waals surface area (Å²) in [5, 5.41) is 0. The Labute approximate surface area is 286 Å². The molecule has 0 aromatic rings. The Hall–Kier alpha value is -2.26. The summed E-state index contributed by atoms with van der Waals surface area (Å²) in [5.74, 6) is 0.567. The molecule has 3 nitrogen and oxygen atoms in total. The fourth-order valence-electron chi connectivity index (χ4n) is 5.50. The summed E-state index contributed by atoms with van der Waals surface area (Å²) in [5.41, 5.74) is 0. The third-order valence-corrected chi connectivity index (χ3v) is 8.42. The average Bonchev–Trinajstić information content (AvgIpc) is 3.46. The molecule has 0 N–H and O–H groups in total. The molecular weight excluding hydrogens is 562 g/mol. The molecule has 3 heteroatoms. The van der Waals surface area contributed by atoms with Gasteiger partial charge in [0.25, 0.3) is 0 Å². The Morgan fingerprint density at radius 2 is 0.913 bits per heavy atom. The first-order chi connectivity index (χ1) is 22.6. The van der Waals surface area contributed by atoms with Crippen molar-refractivity contribution >= 4 is 0 Å². The SMILES string of the molecule is CCCCCC=CCC=CCC=CCCCCCC1(CCCCCC=CCC=CCC=CCCCCC)OC=C(CCN(C)C)O1. The molecule has 0 aliphatic carbocycles. The van der Waals surface area contributed by atoms with Crippen LogP contribution in [-0.2, 0) is 9.47 Å². The predicted molar refractivity (Wildman–Crippen MR) is 204 cm³/mol. The largest absolute Gasteiger partial charge is 0.456 e. The zero-order valence-corrected chi connectivity index (χ0v) is 30.7. The molecule has 1 rings (SSSR count). The van der Waals surface area contributed by atoms with Crippen molar-refractivity contribution in [1.82, 2.24) is 4.90 Å². The van der Waals surface area contributed by atoms with E-state index in [1.165, 1.54) is 77.0 Å². The minimum Gasteiger partial charge on any atom is -0.456 e. The van der Waals surface area contributed by atoms with E-state index in [0.29, 0.717) is 0 Å². The van der Waals surface area contributed by atoms with E-state index < -0.39 is 5.79 Å². The monoisotopic (exact) mass is 636 g/mol. The molecule has 1 aliphatic heterocycles. The number of rotatable bonds is 31. The van der Waals surface area contributed by atoms with Gasteiger partial charge < -0.3 is 14.4 Å². The summed E-state index contributed by atoms with van der Waals surface area (Å²) >= 11 is 0. The Morgan fingerprint density at radius 1 is 0.522 bits per heavy atom. The highest BCUT2D eigenvalue weighted by Crippen LogP contribution is 2.36. The zero-order valence-electron chi connectivity index (χ0n) is 30.7. The van der Waals surface area contributed by atoms with Crippen LogP contribution in [0.1, 0.15) is 162 Å². The van der Waals surface area contributed by atoms with Gasteiger partial charge in [0.05, 0.1) is 0 Å². The first-order valence-electron chi connectivity index (χ1n) is 19.2. The van der Waals surface area contributed by atoms with Crippen LogP contribution < -0.4 is 0 Å². The second-order valence-corrected chi connectivity index (χ2v) is 13.2. The number of hydrogen-bond acceptors (Lipinski definition) is 3. The van der Waals surface area contributed by atoms with Crippen molar-refractivity contribution in [2.24, 2.45) is 0 Å². The van der Waals surface area contributed by atoms with Crippen LogP contribution in [0.15, 0.2) is 84.9 Å². The Kier molecular flexibility index (Phi) is 28.5. The smallest absolute Gasteiger partial charge is 0.250 e. The van der Waals surface area contributed by atoms with E-state index in [0.717, 1.165) is 82.9 Å². The molecule has 0 spiro atoms. The van der Waals surface area contributed by atoms with Gasteiger partial charge in [-0.25, -0.2) is 0 Å². The lowest BCUT2D eigenvalue weighted by molar-refractivity contribution is -0.161. The molecule has 0 fully saturated rings. The van der Waals surface area contributed by atoms with Crippen molar-refractivity contribution in [3.63, 3.8) is 0 Å². The highest BCUT2D eigenvalue weighted by molar-refractivity contribution is 5.00. The molecule has 0 radical (unpaired) electrons. The van der Waals surface area contributed by atoms with Crippen LogP contribution in [0.4, 0.5) is 0 Å². The van der Waals surface area contributed by atoms with E-state index in [1.54, 1.807) is 0 Å². The van der Waals surface area contributed by atoms with Crippen molar-refractivity contribution in [3.8, 4) is 0 Å². The molecule has 1 heterocycles. The number of unbranched alkanes of at least 4 members (excludes halogenated alkanes) is 12. The lowest BCUT2D eigenvalue weighted by atomic mass is 9.99. The van der Waals surface area contributed by atoms with Crippen LogP contribution >= 0.6 is 0 Å². The molecule has 0 unspecified atom stereocenters. The van der Waals surface area contributed by atoms with Crippen LogP contribution in [0.25, 0.3) is 0 Å². The highest BCUT2D eigenvalue weighted by atomic mass is 16.7. The van der Waals surface area contributed by atoms with E-state index in [4.69, 9.17) is 9.47 Å². The van der Waals surface area contributed by atoms with Crippen LogP contribution in [0, 0.1) is 0 Å². The molecule has 0 saturated heterocycles. The van der Waals surface area contributed by atoms with Gasteiger partial charge in [-0.05, 0) is 104 Å². The maximum atomic E-state index is 6.51. The van der Waals surface area contributed by atoms with Crippen molar-refractivity contribution in [3.05, 3.63) is 84.9 Å². The highest BCUT2D eigenvalue weighted by Gasteiger charge is 2.37. The number of allylic oxidation sites excluding steroid dienone is 12. The zero-order chi connectivity index (χ0) is 33.2. The summed E-state index contributed by atoms with van der Waals surface area (Å²) in [4.78, 5) is 2.20. The Balaban J connectivity index is 2.24. The van der Waals surface area contributed by atoms with E-state index >= 15 is 0 Å². The topological polar surface area (TPSA) is 21.7 Å². The fourth-order valence-corrected chi connectivity index (χ4v) is 5.50. The second kappa shape index (κ2) is 31.3. The third kappa shape index (κ3) is 25.9. The minimum absolute atomic E-state index is 0.447. The summed E-state index contributed by atoms with van der Waals surface area (Å²) in [6.07, 6.45) is 56.6. The summed E-state index contributed by atoms with van der Waals surface area (Å²) in [6.45, 7) is 5.50. The van der Waals surface area contributed by atoms with Gasteiger partial charge in [0, 0.05) is 25.8 Å². The number of ether oxygens (including phenoxy) is 2. The van der Waals surface area contributed by atoms with Gasteiger partial charge in [-0.2, -0.15) is 0 Å². The minimum atomic E-state index is -0.447. The average molecular weight is 636 g/mol. The van der Waals surface area contributed by atoms with E-state index in [-0.39, 0.29) is 0 Å². The molecule has 0 atom stereocenters. The maximum Gasteiger partial charge on any atom is 0.250 e. The predicted octanol–water partition coefficient (Wildman–Crippen LogP) is 13.5. The quantitative estimate of drug-likeness (QED) is 0.0559. The van der Waals surface area contributed by atoms with Gasteiger partial charge >= 0.3 is 0 Å². The van der Waals surface area contributed by atoms with E-state index in [2.05, 4.69) is 106 Å². The molecule has 262 valence electrons. The number of nitrogens with zero attached hydrogens (tertiary/aromatic N) is 1. The van der Waals surface area contributed by atoms with Gasteiger partial charge in [0.2, 0.25) is 5.79 Å². The van der Waals surface area contributed by atoms with Gasteiger partial charge in [-0.3, -0.25) is 0 Å². The Morgan fingerprint density at radius 3 is 1.30 bits per heavy atom. The second-order valence-electron chi connectivity index (χ2n) is 13.2. The Bertz CT molecular complexity index is 834. The van der Waals surface area contributed by atoms with Crippen LogP contribution in [0.5, 0.6) is 0 Å². The van der Waals surface area contributed by atoms with E-state index in [1.807, 2.05) is 6.26 Å². The van der Waals surface area contributed by atoms with Crippen LogP contribution in [0.3, 0.4) is 0 Å². The molecule has 1 aliphatic rings. The van der Waals surface area contributed by atoms with Crippen molar-refractivity contribution in [1.29, 1.82) is 0 Å². The van der Waals surface area contributed by atoms with Gasteiger partial charge in [0.1, 0.15) is 12.0 Å². The summed E-state index contributed by atoms with van der Waals surface area (Å²) < 4.78 is 12.8. The molecule has 0 saturated carbocycles. The van der Waals surface area contributed by atoms with Gasteiger partial charge in [-0.1, -0.05) is 125 Å². The molecule has 0 amide bonds.